The predicted molar refractivity (Wildman–Crippen MR) is 160 cm³/mol. The number of amides is 2. The van der Waals surface area contributed by atoms with Crippen LogP contribution in [-0.2, 0) is 6.42 Å². The zero-order valence-electron chi connectivity index (χ0n) is 23.6. The van der Waals surface area contributed by atoms with Gasteiger partial charge in [0.2, 0.25) is 5.82 Å². The molecule has 0 aromatic heterocycles. The molecule has 46 heavy (non-hydrogen) atoms. The van der Waals surface area contributed by atoms with Crippen molar-refractivity contribution >= 4 is 33.4 Å². The molecule has 0 saturated heterocycles. The topological polar surface area (TPSA) is 55.8 Å². The first kappa shape index (κ1) is 29.0. The first-order chi connectivity index (χ1) is 22.3. The molecule has 1 aliphatic rings. The monoisotopic (exact) mass is 625 g/mol. The fraction of sp³-hybridized carbons (Fsp3) is 0.0556. The Balaban J connectivity index is 1.43. The number of nitrogens with zero attached hydrogens (tertiary/aromatic N) is 1. The van der Waals surface area contributed by atoms with Crippen molar-refractivity contribution in [2.45, 2.75) is 6.42 Å². The molecule has 5 nitrogen and oxygen atoms in total. The molecule has 6 aromatic rings. The molecule has 0 unspecified atom stereocenters. The van der Waals surface area contributed by atoms with Crippen molar-refractivity contribution in [2.24, 2.45) is 0 Å². The average molecular weight is 626 g/mol. The van der Waals surface area contributed by atoms with Crippen molar-refractivity contribution in [1.29, 1.82) is 0 Å². The fourth-order valence-corrected chi connectivity index (χ4v) is 5.72. The summed E-state index contributed by atoms with van der Waals surface area (Å²) < 4.78 is 83.1. The molecule has 1 aliphatic heterocycles. The number of hydrogen-bond donors (Lipinski definition) is 0. The highest BCUT2D eigenvalue weighted by atomic mass is 19.2. The number of rotatable bonds is 7. The lowest BCUT2D eigenvalue weighted by molar-refractivity contribution is 0.0612. The smallest absolute Gasteiger partial charge is 0.262 e. The molecule has 0 bridgehead atoms. The lowest BCUT2D eigenvalue weighted by atomic mass is 9.88. The van der Waals surface area contributed by atoms with Crippen molar-refractivity contribution in [3.63, 3.8) is 0 Å². The minimum Gasteiger partial charge on any atom is -0.457 e. The summed E-state index contributed by atoms with van der Waals surface area (Å²) in [6.45, 7) is -0.657. The minimum absolute atomic E-state index is 0.0612. The van der Waals surface area contributed by atoms with Gasteiger partial charge in [0.05, 0.1) is 10.9 Å². The summed E-state index contributed by atoms with van der Waals surface area (Å²) in [4.78, 5) is 28.8. The summed E-state index contributed by atoms with van der Waals surface area (Å²) in [6.07, 6.45) is -0.815. The number of benzene rings is 6. The van der Waals surface area contributed by atoms with Crippen LogP contribution in [0, 0.1) is 29.1 Å². The van der Waals surface area contributed by atoms with Crippen LogP contribution < -0.4 is 9.47 Å². The zero-order chi connectivity index (χ0) is 32.1. The number of ether oxygens (including phenoxy) is 2. The predicted octanol–water partition coefficient (Wildman–Crippen LogP) is 9.11. The van der Waals surface area contributed by atoms with E-state index in [9.17, 15) is 31.5 Å². The Bertz CT molecular complexity index is 2180. The van der Waals surface area contributed by atoms with Crippen LogP contribution in [-0.4, -0.2) is 23.3 Å². The van der Waals surface area contributed by atoms with E-state index in [4.69, 9.17) is 9.47 Å². The van der Waals surface area contributed by atoms with Gasteiger partial charge in [-0.2, -0.15) is 0 Å². The second-order valence-electron chi connectivity index (χ2n) is 10.5. The third-order valence-corrected chi connectivity index (χ3v) is 7.84. The van der Waals surface area contributed by atoms with Gasteiger partial charge in [0.1, 0.15) is 23.0 Å². The van der Waals surface area contributed by atoms with Gasteiger partial charge in [-0.1, -0.05) is 60.7 Å². The van der Waals surface area contributed by atoms with Crippen LogP contribution in [0.2, 0.25) is 0 Å². The second kappa shape index (κ2) is 11.3. The lowest BCUT2D eigenvalue weighted by Gasteiger charge is -2.30. The van der Waals surface area contributed by atoms with Gasteiger partial charge in [-0.25, -0.2) is 22.0 Å². The maximum Gasteiger partial charge on any atom is 0.262 e. The van der Waals surface area contributed by atoms with E-state index in [1.807, 2.05) is 12.1 Å². The SMILES string of the molecule is O=C1c2ccc(Oc3ccccc3)c3c(Oc4ccccc4)c4ccccc4c(c23)C(=O)N1CCc1c(F)c(F)c(F)c(F)c1F. The zero-order valence-corrected chi connectivity index (χ0v) is 23.6. The summed E-state index contributed by atoms with van der Waals surface area (Å²) in [5.74, 6) is -10.6. The van der Waals surface area contributed by atoms with Crippen LogP contribution in [0.15, 0.2) is 97.1 Å². The van der Waals surface area contributed by atoms with Gasteiger partial charge < -0.3 is 9.47 Å². The van der Waals surface area contributed by atoms with Crippen molar-refractivity contribution < 1.29 is 41.0 Å². The third kappa shape index (κ3) is 4.61. The molecule has 7 rings (SSSR count). The van der Waals surface area contributed by atoms with Crippen molar-refractivity contribution in [1.82, 2.24) is 4.90 Å². The van der Waals surface area contributed by atoms with E-state index in [0.717, 1.165) is 4.90 Å². The number of fused-ring (bicyclic) bond motifs is 2. The van der Waals surface area contributed by atoms with Crippen LogP contribution in [0.25, 0.3) is 21.5 Å². The lowest BCUT2D eigenvalue weighted by Crippen LogP contribution is -2.42. The molecular formula is C36H20F5NO4. The van der Waals surface area contributed by atoms with Gasteiger partial charge in [-0.15, -0.1) is 0 Å². The fourth-order valence-electron chi connectivity index (χ4n) is 5.72. The van der Waals surface area contributed by atoms with Gasteiger partial charge in [0.25, 0.3) is 11.8 Å². The number of carbonyl (C=O) groups excluding carboxylic acids is 2. The number of carbonyl (C=O) groups is 2. The minimum atomic E-state index is -2.29. The molecule has 0 fully saturated rings. The number of imide groups is 1. The van der Waals surface area contributed by atoms with Crippen LogP contribution in [0.4, 0.5) is 22.0 Å². The largest absolute Gasteiger partial charge is 0.457 e. The molecule has 6 aromatic carbocycles. The maximum absolute atomic E-state index is 14.5. The Morgan fingerprint density at radius 2 is 1.09 bits per heavy atom. The Morgan fingerprint density at radius 3 is 1.72 bits per heavy atom. The molecule has 0 spiro atoms. The third-order valence-electron chi connectivity index (χ3n) is 7.84. The van der Waals surface area contributed by atoms with Gasteiger partial charge in [0.15, 0.2) is 23.3 Å². The molecule has 1 heterocycles. The standard InChI is InChI=1S/C36H20F5NO4/c37-29-24(30(38)32(40)33(41)31(29)39)17-18-42-35(43)23-15-16-25(45-19-9-3-1-4-10-19)28-26(23)27(36(42)44)21-13-7-8-14-22(21)34(28)46-20-11-5-2-6-12-20/h1-16H,17-18H2. The second-order valence-corrected chi connectivity index (χ2v) is 10.5. The van der Waals surface area contributed by atoms with Gasteiger partial charge in [-0.05, 0) is 48.2 Å². The van der Waals surface area contributed by atoms with Crippen molar-refractivity contribution in [3.05, 3.63) is 143 Å². The quantitative estimate of drug-likeness (QED) is 0.0584. The van der Waals surface area contributed by atoms with E-state index in [2.05, 4.69) is 0 Å². The van der Waals surface area contributed by atoms with E-state index < -0.39 is 59.4 Å². The maximum atomic E-state index is 14.5. The van der Waals surface area contributed by atoms with E-state index in [0.29, 0.717) is 39.2 Å². The highest BCUT2D eigenvalue weighted by Gasteiger charge is 2.37. The Labute approximate surface area is 258 Å². The first-order valence-electron chi connectivity index (χ1n) is 14.1. The van der Waals surface area contributed by atoms with Crippen molar-refractivity contribution in [3.8, 4) is 23.0 Å². The number of para-hydroxylation sites is 2. The van der Waals surface area contributed by atoms with E-state index in [1.54, 1.807) is 78.9 Å². The highest BCUT2D eigenvalue weighted by Crippen LogP contribution is 2.48. The molecule has 0 N–H and O–H groups in total. The Kier molecular flexibility index (Phi) is 7.12. The van der Waals surface area contributed by atoms with Gasteiger partial charge in [-0.3, -0.25) is 14.5 Å². The molecule has 0 aliphatic carbocycles. The molecule has 0 saturated carbocycles. The molecule has 0 radical (unpaired) electrons. The van der Waals surface area contributed by atoms with E-state index in [-0.39, 0.29) is 16.5 Å². The molecule has 0 atom stereocenters. The van der Waals surface area contributed by atoms with Crippen LogP contribution >= 0.6 is 0 Å². The molecule has 2 amide bonds. The Hall–Kier alpha value is -5.77. The summed E-state index contributed by atoms with van der Waals surface area (Å²) in [6, 6.07) is 27.7. The Morgan fingerprint density at radius 1 is 0.543 bits per heavy atom. The van der Waals surface area contributed by atoms with Gasteiger partial charge in [0, 0.05) is 28.4 Å². The summed E-state index contributed by atoms with van der Waals surface area (Å²) in [5, 5.41) is 1.49. The normalized spacial score (nSPS) is 12.7. The van der Waals surface area contributed by atoms with Crippen LogP contribution in [0.1, 0.15) is 26.3 Å². The highest BCUT2D eigenvalue weighted by molar-refractivity contribution is 6.32. The van der Waals surface area contributed by atoms with E-state index >= 15 is 0 Å². The first-order valence-corrected chi connectivity index (χ1v) is 14.1. The van der Waals surface area contributed by atoms with Crippen LogP contribution in [0.3, 0.4) is 0 Å². The van der Waals surface area contributed by atoms with Crippen molar-refractivity contribution in [2.75, 3.05) is 6.54 Å². The number of hydrogen-bond acceptors (Lipinski definition) is 4. The summed E-state index contributed by atoms with van der Waals surface area (Å²) in [7, 11) is 0. The van der Waals surface area contributed by atoms with E-state index in [1.165, 1.54) is 6.07 Å². The molecule has 10 heteroatoms. The van der Waals surface area contributed by atoms with Crippen LogP contribution in [0.5, 0.6) is 23.0 Å². The molecule has 228 valence electrons. The van der Waals surface area contributed by atoms with Gasteiger partial charge >= 0.3 is 0 Å². The molecular weight excluding hydrogens is 605 g/mol. The summed E-state index contributed by atoms with van der Waals surface area (Å²) in [5.41, 5.74) is -0.973. The number of halogens is 5. The average Bonchev–Trinajstić information content (AvgIpc) is 3.08. The summed E-state index contributed by atoms with van der Waals surface area (Å²) >= 11 is 0.